The Hall–Kier alpha value is -2.36. The fraction of sp³-hybridized carbons (Fsp3) is 0.250. The van der Waals surface area contributed by atoms with Crippen molar-refractivity contribution in [2.45, 2.75) is 20.4 Å². The van der Waals surface area contributed by atoms with Crippen LogP contribution < -0.4 is 5.32 Å². The Morgan fingerprint density at radius 2 is 1.85 bits per heavy atom. The first kappa shape index (κ1) is 14.1. The standard InChI is InChI=1S/C16H18N2O2/c1-11-4-9-15(12(2)18-11)17-10-13-5-7-14(8-6-13)16(19)20-3/h4-9,17H,10H2,1-3H3. The molecule has 0 radical (unpaired) electrons. The van der Waals surface area contributed by atoms with Crippen LogP contribution in [0.3, 0.4) is 0 Å². The number of nitrogens with one attached hydrogen (secondary N) is 1. The van der Waals surface area contributed by atoms with E-state index in [1.165, 1.54) is 7.11 Å². The first-order valence-corrected chi connectivity index (χ1v) is 6.45. The third-order valence-corrected chi connectivity index (χ3v) is 3.08. The zero-order valence-electron chi connectivity index (χ0n) is 11.9. The van der Waals surface area contributed by atoms with Crippen LogP contribution in [0.4, 0.5) is 5.69 Å². The number of hydrogen-bond donors (Lipinski definition) is 1. The number of esters is 1. The fourth-order valence-electron chi connectivity index (χ4n) is 1.95. The van der Waals surface area contributed by atoms with Gasteiger partial charge in [0, 0.05) is 12.2 Å². The molecule has 0 aliphatic heterocycles. The van der Waals surface area contributed by atoms with Crippen molar-refractivity contribution in [3.05, 3.63) is 58.9 Å². The summed E-state index contributed by atoms with van der Waals surface area (Å²) in [6.07, 6.45) is 0. The van der Waals surface area contributed by atoms with Gasteiger partial charge in [0.05, 0.1) is 24.1 Å². The molecule has 0 unspecified atom stereocenters. The van der Waals surface area contributed by atoms with E-state index < -0.39 is 0 Å². The Labute approximate surface area is 118 Å². The van der Waals surface area contributed by atoms with Gasteiger partial charge in [-0.15, -0.1) is 0 Å². The van der Waals surface area contributed by atoms with Crippen molar-refractivity contribution in [2.75, 3.05) is 12.4 Å². The lowest BCUT2D eigenvalue weighted by Crippen LogP contribution is -2.04. The average molecular weight is 270 g/mol. The van der Waals surface area contributed by atoms with Gasteiger partial charge in [-0.25, -0.2) is 4.79 Å². The predicted octanol–water partition coefficient (Wildman–Crippen LogP) is 3.10. The van der Waals surface area contributed by atoms with E-state index in [1.807, 2.05) is 38.1 Å². The van der Waals surface area contributed by atoms with Gasteiger partial charge < -0.3 is 10.1 Å². The lowest BCUT2D eigenvalue weighted by atomic mass is 10.1. The quantitative estimate of drug-likeness (QED) is 0.867. The molecular formula is C16H18N2O2. The van der Waals surface area contributed by atoms with E-state index in [0.717, 1.165) is 22.6 Å². The Balaban J connectivity index is 2.02. The minimum atomic E-state index is -0.317. The molecule has 0 fully saturated rings. The van der Waals surface area contributed by atoms with Crippen LogP contribution in [0.25, 0.3) is 0 Å². The van der Waals surface area contributed by atoms with Gasteiger partial charge in [0.1, 0.15) is 0 Å². The van der Waals surface area contributed by atoms with E-state index in [4.69, 9.17) is 0 Å². The molecule has 0 saturated carbocycles. The second kappa shape index (κ2) is 6.19. The van der Waals surface area contributed by atoms with Crippen molar-refractivity contribution in [2.24, 2.45) is 0 Å². The zero-order valence-corrected chi connectivity index (χ0v) is 11.9. The molecule has 1 aromatic heterocycles. The van der Waals surface area contributed by atoms with Crippen molar-refractivity contribution in [1.82, 2.24) is 4.98 Å². The van der Waals surface area contributed by atoms with E-state index in [9.17, 15) is 4.79 Å². The van der Waals surface area contributed by atoms with Crippen LogP contribution in [0.15, 0.2) is 36.4 Å². The van der Waals surface area contributed by atoms with Gasteiger partial charge in [-0.05, 0) is 43.7 Å². The second-order valence-electron chi connectivity index (χ2n) is 4.63. The van der Waals surface area contributed by atoms with Gasteiger partial charge in [0.2, 0.25) is 0 Å². The molecule has 0 bridgehead atoms. The molecule has 0 amide bonds. The molecule has 2 aromatic rings. The van der Waals surface area contributed by atoms with E-state index in [-0.39, 0.29) is 5.97 Å². The summed E-state index contributed by atoms with van der Waals surface area (Å²) in [5, 5.41) is 3.34. The summed E-state index contributed by atoms with van der Waals surface area (Å²) in [5.74, 6) is -0.317. The number of aryl methyl sites for hydroxylation is 2. The number of nitrogens with zero attached hydrogens (tertiary/aromatic N) is 1. The highest BCUT2D eigenvalue weighted by Crippen LogP contribution is 2.14. The van der Waals surface area contributed by atoms with Crippen LogP contribution in [0, 0.1) is 13.8 Å². The molecule has 1 aromatic carbocycles. The van der Waals surface area contributed by atoms with Gasteiger partial charge >= 0.3 is 5.97 Å². The Morgan fingerprint density at radius 3 is 2.45 bits per heavy atom. The minimum Gasteiger partial charge on any atom is -0.465 e. The lowest BCUT2D eigenvalue weighted by molar-refractivity contribution is 0.0600. The molecule has 4 heteroatoms. The summed E-state index contributed by atoms with van der Waals surface area (Å²) in [6.45, 7) is 4.64. The lowest BCUT2D eigenvalue weighted by Gasteiger charge is -2.10. The van der Waals surface area contributed by atoms with Gasteiger partial charge in [-0.1, -0.05) is 12.1 Å². The molecule has 0 spiro atoms. The summed E-state index contributed by atoms with van der Waals surface area (Å²) in [5.41, 5.74) is 4.67. The van der Waals surface area contributed by atoms with Crippen molar-refractivity contribution in [1.29, 1.82) is 0 Å². The maximum atomic E-state index is 11.3. The summed E-state index contributed by atoms with van der Waals surface area (Å²) in [4.78, 5) is 15.7. The third kappa shape index (κ3) is 3.35. The molecule has 2 rings (SSSR count). The number of benzene rings is 1. The molecule has 1 heterocycles. The van der Waals surface area contributed by atoms with E-state index >= 15 is 0 Å². The van der Waals surface area contributed by atoms with Crippen LogP contribution in [-0.2, 0) is 11.3 Å². The fourth-order valence-corrected chi connectivity index (χ4v) is 1.95. The molecule has 0 atom stereocenters. The van der Waals surface area contributed by atoms with Gasteiger partial charge in [-0.2, -0.15) is 0 Å². The first-order valence-electron chi connectivity index (χ1n) is 6.45. The van der Waals surface area contributed by atoms with E-state index in [2.05, 4.69) is 15.0 Å². The number of carbonyl (C=O) groups is 1. The molecule has 0 aliphatic rings. The van der Waals surface area contributed by atoms with Gasteiger partial charge in [0.25, 0.3) is 0 Å². The number of rotatable bonds is 4. The van der Waals surface area contributed by atoms with E-state index in [0.29, 0.717) is 12.1 Å². The number of hydrogen-bond acceptors (Lipinski definition) is 4. The minimum absolute atomic E-state index is 0.317. The smallest absolute Gasteiger partial charge is 0.337 e. The zero-order chi connectivity index (χ0) is 14.5. The summed E-state index contributed by atoms with van der Waals surface area (Å²) in [6, 6.07) is 11.4. The van der Waals surface area contributed by atoms with E-state index in [1.54, 1.807) is 12.1 Å². The molecule has 4 nitrogen and oxygen atoms in total. The van der Waals surface area contributed by atoms with Crippen LogP contribution in [0.5, 0.6) is 0 Å². The third-order valence-electron chi connectivity index (χ3n) is 3.08. The van der Waals surface area contributed by atoms with Gasteiger partial charge in [-0.3, -0.25) is 4.98 Å². The van der Waals surface area contributed by atoms with Crippen LogP contribution >= 0.6 is 0 Å². The number of methoxy groups -OCH3 is 1. The highest BCUT2D eigenvalue weighted by atomic mass is 16.5. The largest absolute Gasteiger partial charge is 0.465 e. The maximum Gasteiger partial charge on any atom is 0.337 e. The Bertz CT molecular complexity index is 606. The SMILES string of the molecule is COC(=O)c1ccc(CNc2ccc(C)nc2C)cc1. The Morgan fingerprint density at radius 1 is 1.15 bits per heavy atom. The Kier molecular flexibility index (Phi) is 4.35. The topological polar surface area (TPSA) is 51.2 Å². The number of anilines is 1. The molecule has 0 aliphatic carbocycles. The molecule has 1 N–H and O–H groups in total. The monoisotopic (exact) mass is 270 g/mol. The highest BCUT2D eigenvalue weighted by Gasteiger charge is 2.04. The second-order valence-corrected chi connectivity index (χ2v) is 4.63. The number of aromatic nitrogens is 1. The van der Waals surface area contributed by atoms with Crippen LogP contribution in [-0.4, -0.2) is 18.1 Å². The summed E-state index contributed by atoms with van der Waals surface area (Å²) >= 11 is 0. The summed E-state index contributed by atoms with van der Waals surface area (Å²) < 4.78 is 4.67. The van der Waals surface area contributed by atoms with Crippen LogP contribution in [0.2, 0.25) is 0 Å². The molecular weight excluding hydrogens is 252 g/mol. The van der Waals surface area contributed by atoms with Gasteiger partial charge in [0.15, 0.2) is 0 Å². The van der Waals surface area contributed by atoms with Crippen LogP contribution in [0.1, 0.15) is 27.3 Å². The maximum absolute atomic E-state index is 11.3. The number of carbonyl (C=O) groups excluding carboxylic acids is 1. The van der Waals surface area contributed by atoms with Crippen molar-refractivity contribution < 1.29 is 9.53 Å². The molecule has 20 heavy (non-hydrogen) atoms. The molecule has 0 saturated heterocycles. The van der Waals surface area contributed by atoms with Crippen molar-refractivity contribution in [3.63, 3.8) is 0 Å². The van der Waals surface area contributed by atoms with Crippen molar-refractivity contribution in [3.8, 4) is 0 Å². The summed E-state index contributed by atoms with van der Waals surface area (Å²) in [7, 11) is 1.38. The number of pyridine rings is 1. The predicted molar refractivity (Wildman–Crippen MR) is 78.8 cm³/mol. The number of ether oxygens (including phenoxy) is 1. The molecule has 104 valence electrons. The highest BCUT2D eigenvalue weighted by molar-refractivity contribution is 5.89. The normalized spacial score (nSPS) is 10.2. The van der Waals surface area contributed by atoms with Crippen molar-refractivity contribution >= 4 is 11.7 Å². The average Bonchev–Trinajstić information content (AvgIpc) is 2.46. The first-order chi connectivity index (χ1) is 9.60.